The number of nitrogens with one attached hydrogen (secondary N) is 1. The van der Waals surface area contributed by atoms with Crippen molar-refractivity contribution in [2.75, 3.05) is 11.9 Å². The summed E-state index contributed by atoms with van der Waals surface area (Å²) in [5, 5.41) is 3.17. The molecule has 3 rings (SSSR count). The van der Waals surface area contributed by atoms with E-state index in [1.165, 1.54) is 4.90 Å². The Balaban J connectivity index is 2.03. The molecule has 0 saturated carbocycles. The number of anilines is 1. The topological polar surface area (TPSA) is 49.4 Å². The Hall–Kier alpha value is -2.88. The molecule has 2 aromatic rings. The second kappa shape index (κ2) is 6.93. The maximum absolute atomic E-state index is 12.9. The molecule has 2 amide bonds. The smallest absolute Gasteiger partial charge is 0.278 e. The van der Waals surface area contributed by atoms with Crippen molar-refractivity contribution in [3.05, 3.63) is 71.4 Å². The first kappa shape index (κ1) is 17.0. The molecule has 0 bridgehead atoms. The Kier molecular flexibility index (Phi) is 4.70. The number of aryl methyl sites for hydroxylation is 1. The number of amides is 2. The van der Waals surface area contributed by atoms with Gasteiger partial charge in [-0.2, -0.15) is 0 Å². The normalized spacial score (nSPS) is 14.6. The molecule has 0 spiro atoms. The third kappa shape index (κ3) is 3.48. The van der Waals surface area contributed by atoms with Crippen LogP contribution in [0, 0.1) is 12.8 Å². The van der Waals surface area contributed by atoms with E-state index in [1.54, 1.807) is 0 Å². The lowest BCUT2D eigenvalue weighted by Gasteiger charge is -2.17. The molecule has 0 saturated heterocycles. The van der Waals surface area contributed by atoms with Crippen LogP contribution < -0.4 is 5.32 Å². The second-order valence-corrected chi connectivity index (χ2v) is 6.72. The van der Waals surface area contributed by atoms with Crippen molar-refractivity contribution in [1.82, 2.24) is 4.90 Å². The Morgan fingerprint density at radius 1 is 0.920 bits per heavy atom. The quantitative estimate of drug-likeness (QED) is 0.845. The minimum atomic E-state index is -0.266. The predicted octanol–water partition coefficient (Wildman–Crippen LogP) is 3.84. The van der Waals surface area contributed by atoms with E-state index < -0.39 is 0 Å². The molecular formula is C21H22N2O2. The maximum Gasteiger partial charge on any atom is 0.278 e. The van der Waals surface area contributed by atoms with E-state index in [4.69, 9.17) is 0 Å². The molecule has 0 radical (unpaired) electrons. The van der Waals surface area contributed by atoms with Crippen LogP contribution >= 0.6 is 0 Å². The Bertz CT molecular complexity index is 821. The van der Waals surface area contributed by atoms with Gasteiger partial charge in [-0.25, -0.2) is 0 Å². The van der Waals surface area contributed by atoms with Gasteiger partial charge in [-0.3, -0.25) is 14.5 Å². The third-order valence-corrected chi connectivity index (χ3v) is 4.10. The van der Waals surface area contributed by atoms with Crippen LogP contribution in [0.1, 0.15) is 25.0 Å². The van der Waals surface area contributed by atoms with Crippen LogP contribution in [0.25, 0.3) is 5.57 Å². The molecule has 2 aromatic carbocycles. The highest BCUT2D eigenvalue weighted by Gasteiger charge is 2.39. The Morgan fingerprint density at radius 3 is 2.16 bits per heavy atom. The van der Waals surface area contributed by atoms with Gasteiger partial charge in [-0.15, -0.1) is 0 Å². The average molecular weight is 334 g/mol. The molecular weight excluding hydrogens is 312 g/mol. The van der Waals surface area contributed by atoms with Gasteiger partial charge in [0.1, 0.15) is 5.70 Å². The van der Waals surface area contributed by atoms with Gasteiger partial charge >= 0.3 is 0 Å². The summed E-state index contributed by atoms with van der Waals surface area (Å²) in [6.45, 7) is 6.41. The number of imide groups is 1. The number of rotatable bonds is 5. The Morgan fingerprint density at radius 2 is 1.56 bits per heavy atom. The van der Waals surface area contributed by atoms with Gasteiger partial charge in [0.05, 0.1) is 5.57 Å². The van der Waals surface area contributed by atoms with Gasteiger partial charge in [-0.05, 0) is 30.5 Å². The molecule has 4 nitrogen and oxygen atoms in total. The van der Waals surface area contributed by atoms with E-state index in [0.29, 0.717) is 17.8 Å². The molecule has 1 N–H and O–H groups in total. The zero-order chi connectivity index (χ0) is 18.0. The summed E-state index contributed by atoms with van der Waals surface area (Å²) in [6, 6.07) is 17.1. The standard InChI is InChI=1S/C21H22N2O2/c1-14(2)13-23-20(24)18(16-7-5-4-6-8-16)19(21(23)25)22-17-11-9-15(3)10-12-17/h4-12,14,22H,13H2,1-3H3. The molecule has 0 unspecified atom stereocenters. The van der Waals surface area contributed by atoms with Gasteiger partial charge in [0.2, 0.25) is 0 Å². The fourth-order valence-electron chi connectivity index (χ4n) is 2.88. The summed E-state index contributed by atoms with van der Waals surface area (Å²) in [5.74, 6) is -0.290. The van der Waals surface area contributed by atoms with Crippen LogP contribution in [0.3, 0.4) is 0 Å². The van der Waals surface area contributed by atoms with Crippen molar-refractivity contribution < 1.29 is 9.59 Å². The van der Waals surface area contributed by atoms with Gasteiger partial charge in [0.15, 0.2) is 0 Å². The summed E-state index contributed by atoms with van der Waals surface area (Å²) >= 11 is 0. The number of nitrogens with zero attached hydrogens (tertiary/aromatic N) is 1. The van der Waals surface area contributed by atoms with E-state index in [1.807, 2.05) is 75.4 Å². The van der Waals surface area contributed by atoms with Crippen LogP contribution in [0.5, 0.6) is 0 Å². The largest absolute Gasteiger partial charge is 0.350 e. The van der Waals surface area contributed by atoms with Crippen LogP contribution in [0.4, 0.5) is 5.69 Å². The fourth-order valence-corrected chi connectivity index (χ4v) is 2.88. The van der Waals surface area contributed by atoms with E-state index in [2.05, 4.69) is 5.32 Å². The number of hydrogen-bond donors (Lipinski definition) is 1. The minimum absolute atomic E-state index is 0.212. The summed E-state index contributed by atoms with van der Waals surface area (Å²) < 4.78 is 0. The first-order valence-electron chi connectivity index (χ1n) is 8.47. The Labute approximate surface area is 148 Å². The van der Waals surface area contributed by atoms with Crippen molar-refractivity contribution in [1.29, 1.82) is 0 Å². The monoisotopic (exact) mass is 334 g/mol. The van der Waals surface area contributed by atoms with E-state index >= 15 is 0 Å². The third-order valence-electron chi connectivity index (χ3n) is 4.10. The molecule has 0 atom stereocenters. The van der Waals surface area contributed by atoms with Gasteiger partial charge in [-0.1, -0.05) is 61.9 Å². The maximum atomic E-state index is 12.9. The predicted molar refractivity (Wildman–Crippen MR) is 99.7 cm³/mol. The molecule has 0 fully saturated rings. The highest BCUT2D eigenvalue weighted by atomic mass is 16.2. The number of benzene rings is 2. The first-order valence-corrected chi connectivity index (χ1v) is 8.47. The first-order chi connectivity index (χ1) is 12.0. The van der Waals surface area contributed by atoms with Crippen LogP contribution in [-0.2, 0) is 9.59 Å². The molecule has 0 aromatic heterocycles. The van der Waals surface area contributed by atoms with Crippen LogP contribution in [0.15, 0.2) is 60.3 Å². The molecule has 25 heavy (non-hydrogen) atoms. The van der Waals surface area contributed by atoms with E-state index in [-0.39, 0.29) is 17.7 Å². The van der Waals surface area contributed by atoms with Crippen molar-refractivity contribution in [3.8, 4) is 0 Å². The molecule has 1 aliphatic rings. The van der Waals surface area contributed by atoms with Crippen molar-refractivity contribution in [3.63, 3.8) is 0 Å². The van der Waals surface area contributed by atoms with Crippen LogP contribution in [0.2, 0.25) is 0 Å². The SMILES string of the molecule is Cc1ccc(NC2=C(c3ccccc3)C(=O)N(CC(C)C)C2=O)cc1. The summed E-state index contributed by atoms with van der Waals surface area (Å²) in [6.07, 6.45) is 0. The zero-order valence-corrected chi connectivity index (χ0v) is 14.7. The minimum Gasteiger partial charge on any atom is -0.350 e. The number of hydrogen-bond acceptors (Lipinski definition) is 3. The lowest BCUT2D eigenvalue weighted by Crippen LogP contribution is -2.35. The molecule has 0 aliphatic carbocycles. The van der Waals surface area contributed by atoms with Gasteiger partial charge in [0, 0.05) is 12.2 Å². The molecule has 1 aliphatic heterocycles. The molecule has 1 heterocycles. The second-order valence-electron chi connectivity index (χ2n) is 6.72. The summed E-state index contributed by atoms with van der Waals surface area (Å²) in [4.78, 5) is 27.1. The molecule has 128 valence electrons. The molecule has 4 heteroatoms. The van der Waals surface area contributed by atoms with E-state index in [0.717, 1.165) is 16.8 Å². The lowest BCUT2D eigenvalue weighted by molar-refractivity contribution is -0.137. The van der Waals surface area contributed by atoms with Crippen molar-refractivity contribution >= 4 is 23.1 Å². The van der Waals surface area contributed by atoms with Crippen LogP contribution in [-0.4, -0.2) is 23.3 Å². The van der Waals surface area contributed by atoms with Crippen molar-refractivity contribution in [2.45, 2.75) is 20.8 Å². The van der Waals surface area contributed by atoms with Gasteiger partial charge in [0.25, 0.3) is 11.8 Å². The highest BCUT2D eigenvalue weighted by Crippen LogP contribution is 2.30. The fraction of sp³-hybridized carbons (Fsp3) is 0.238. The summed E-state index contributed by atoms with van der Waals surface area (Å²) in [7, 11) is 0. The average Bonchev–Trinajstić information content (AvgIpc) is 2.82. The van der Waals surface area contributed by atoms with Gasteiger partial charge < -0.3 is 5.32 Å². The lowest BCUT2D eigenvalue weighted by atomic mass is 10.0. The number of carbonyl (C=O) groups excluding carboxylic acids is 2. The number of carbonyl (C=O) groups is 2. The van der Waals surface area contributed by atoms with E-state index in [9.17, 15) is 9.59 Å². The zero-order valence-electron chi connectivity index (χ0n) is 14.7. The highest BCUT2D eigenvalue weighted by molar-refractivity contribution is 6.36. The van der Waals surface area contributed by atoms with Crippen molar-refractivity contribution in [2.24, 2.45) is 5.92 Å². The summed E-state index contributed by atoms with van der Waals surface area (Å²) in [5.41, 5.74) is 3.47.